The number of hydrogen-bond donors (Lipinski definition) is 1. The van der Waals surface area contributed by atoms with Gasteiger partial charge in [0.2, 0.25) is 5.91 Å². The van der Waals surface area contributed by atoms with E-state index in [1.807, 2.05) is 30.0 Å². The monoisotopic (exact) mass is 335 g/mol. The van der Waals surface area contributed by atoms with Crippen molar-refractivity contribution in [1.29, 1.82) is 0 Å². The molecule has 0 aliphatic carbocycles. The third-order valence-electron chi connectivity index (χ3n) is 4.99. The second-order valence-corrected chi connectivity index (χ2v) is 6.55. The number of piperidine rings is 1. The Bertz CT molecular complexity index is 617. The number of urea groups is 1. The smallest absolute Gasteiger partial charge is 0.318 e. The molecule has 3 heterocycles. The van der Waals surface area contributed by atoms with Gasteiger partial charge in [0.05, 0.1) is 30.8 Å². The maximum atomic E-state index is 12.8. The van der Waals surface area contributed by atoms with Gasteiger partial charge >= 0.3 is 6.03 Å². The number of nitrogens with zero attached hydrogens (tertiary/aromatic N) is 4. The molecule has 1 aromatic rings. The number of carbonyl (C=O) groups is 2. The van der Waals surface area contributed by atoms with Crippen LogP contribution in [0.5, 0.6) is 0 Å². The lowest BCUT2D eigenvalue weighted by molar-refractivity contribution is -0.134. The van der Waals surface area contributed by atoms with Crippen molar-refractivity contribution in [3.05, 3.63) is 18.0 Å². The van der Waals surface area contributed by atoms with Crippen LogP contribution in [0.2, 0.25) is 0 Å². The molecule has 1 unspecified atom stereocenters. The highest BCUT2D eigenvalue weighted by molar-refractivity contribution is 5.84. The summed E-state index contributed by atoms with van der Waals surface area (Å²) in [7, 11) is 3.47. The lowest BCUT2D eigenvalue weighted by Crippen LogP contribution is -2.53. The Kier molecular flexibility index (Phi) is 4.75. The second kappa shape index (κ2) is 6.80. The van der Waals surface area contributed by atoms with E-state index in [4.69, 9.17) is 4.74 Å². The molecule has 0 spiro atoms. The van der Waals surface area contributed by atoms with Crippen molar-refractivity contribution in [2.75, 3.05) is 33.4 Å². The molecule has 2 saturated heterocycles. The number of hydrogen-bond acceptors (Lipinski definition) is 4. The largest absolute Gasteiger partial charge is 0.383 e. The van der Waals surface area contributed by atoms with Gasteiger partial charge in [0.15, 0.2) is 0 Å². The molecule has 0 saturated carbocycles. The number of nitrogens with one attached hydrogen (secondary N) is 1. The van der Waals surface area contributed by atoms with Crippen LogP contribution in [0.15, 0.2) is 12.4 Å². The van der Waals surface area contributed by atoms with Gasteiger partial charge in [-0.3, -0.25) is 9.48 Å². The van der Waals surface area contributed by atoms with Gasteiger partial charge in [-0.15, -0.1) is 0 Å². The Labute approximate surface area is 141 Å². The molecule has 3 rings (SSSR count). The molecular weight excluding hydrogens is 310 g/mol. The van der Waals surface area contributed by atoms with Crippen LogP contribution in [0.4, 0.5) is 4.79 Å². The summed E-state index contributed by atoms with van der Waals surface area (Å²) < 4.78 is 6.78. The average Bonchev–Trinajstić information content (AvgIpc) is 3.13. The molecule has 8 heteroatoms. The van der Waals surface area contributed by atoms with Gasteiger partial charge in [-0.25, -0.2) is 4.79 Å². The SMILES string of the molecule is COCCN1C(=O)N[C@H]2CN(C(=O)C(C)c3cnn(C)c3)CC[C@H]21. The lowest BCUT2D eigenvalue weighted by Gasteiger charge is -2.37. The molecule has 0 bridgehead atoms. The molecule has 132 valence electrons. The minimum absolute atomic E-state index is 0.00634. The molecule has 0 aromatic carbocycles. The molecule has 24 heavy (non-hydrogen) atoms. The minimum Gasteiger partial charge on any atom is -0.383 e. The molecule has 0 radical (unpaired) electrons. The van der Waals surface area contributed by atoms with Crippen LogP contribution in [0, 0.1) is 0 Å². The number of likely N-dealkylation sites (tertiary alicyclic amines) is 1. The molecule has 3 atom stereocenters. The van der Waals surface area contributed by atoms with E-state index in [0.29, 0.717) is 26.2 Å². The fourth-order valence-corrected chi connectivity index (χ4v) is 3.58. The molecule has 3 amide bonds. The standard InChI is InChI=1S/C16H25N5O3/c1-11(12-8-17-19(2)9-12)15(22)20-5-4-14-13(10-20)18-16(23)21(14)6-7-24-3/h8-9,11,13-14H,4-7,10H2,1-3H3,(H,18,23)/t11?,13-,14+/m0/s1. The Hall–Kier alpha value is -2.09. The molecule has 2 aliphatic rings. The Balaban J connectivity index is 1.63. The number of fused-ring (bicyclic) bond motifs is 1. The van der Waals surface area contributed by atoms with Crippen LogP contribution in [0.1, 0.15) is 24.8 Å². The van der Waals surface area contributed by atoms with Crippen LogP contribution in [-0.4, -0.2) is 77.0 Å². The van der Waals surface area contributed by atoms with Crippen molar-refractivity contribution >= 4 is 11.9 Å². The fourth-order valence-electron chi connectivity index (χ4n) is 3.58. The van der Waals surface area contributed by atoms with Crippen molar-refractivity contribution in [1.82, 2.24) is 24.9 Å². The van der Waals surface area contributed by atoms with E-state index >= 15 is 0 Å². The van der Waals surface area contributed by atoms with Gasteiger partial charge in [0, 0.05) is 45.6 Å². The zero-order valence-electron chi connectivity index (χ0n) is 14.4. The number of methoxy groups -OCH3 is 1. The van der Waals surface area contributed by atoms with E-state index in [-0.39, 0.29) is 29.9 Å². The van der Waals surface area contributed by atoms with E-state index in [2.05, 4.69) is 10.4 Å². The summed E-state index contributed by atoms with van der Waals surface area (Å²) in [6.45, 7) is 4.25. The minimum atomic E-state index is -0.225. The zero-order chi connectivity index (χ0) is 17.3. The van der Waals surface area contributed by atoms with Crippen molar-refractivity contribution in [2.24, 2.45) is 7.05 Å². The predicted octanol–water partition coefficient (Wildman–Crippen LogP) is 0.165. The van der Waals surface area contributed by atoms with Crippen molar-refractivity contribution in [3.63, 3.8) is 0 Å². The average molecular weight is 335 g/mol. The predicted molar refractivity (Wildman–Crippen MR) is 87.5 cm³/mol. The molecule has 2 aliphatic heterocycles. The number of aryl methyl sites for hydroxylation is 1. The summed E-state index contributed by atoms with van der Waals surface area (Å²) in [6, 6.07) is 0.0789. The normalized spacial score (nSPS) is 24.7. The molecular formula is C16H25N5O3. The van der Waals surface area contributed by atoms with Gasteiger partial charge in [-0.05, 0) is 13.3 Å². The highest BCUT2D eigenvalue weighted by Gasteiger charge is 2.43. The summed E-state index contributed by atoms with van der Waals surface area (Å²) in [6.07, 6.45) is 4.40. The number of ether oxygens (including phenoxy) is 1. The van der Waals surface area contributed by atoms with Crippen LogP contribution in [-0.2, 0) is 16.6 Å². The number of amides is 3. The summed E-state index contributed by atoms with van der Waals surface area (Å²) in [5.74, 6) is -0.136. The third-order valence-corrected chi connectivity index (χ3v) is 4.99. The first-order valence-electron chi connectivity index (χ1n) is 8.34. The lowest BCUT2D eigenvalue weighted by atomic mass is 9.97. The number of rotatable bonds is 5. The van der Waals surface area contributed by atoms with Crippen LogP contribution >= 0.6 is 0 Å². The van der Waals surface area contributed by atoms with Gasteiger partial charge in [0.25, 0.3) is 0 Å². The van der Waals surface area contributed by atoms with Crippen molar-refractivity contribution in [3.8, 4) is 0 Å². The topological polar surface area (TPSA) is 79.7 Å². The van der Waals surface area contributed by atoms with Crippen molar-refractivity contribution < 1.29 is 14.3 Å². The zero-order valence-corrected chi connectivity index (χ0v) is 14.4. The highest BCUT2D eigenvalue weighted by Crippen LogP contribution is 2.25. The maximum Gasteiger partial charge on any atom is 0.318 e. The molecule has 8 nitrogen and oxygen atoms in total. The third kappa shape index (κ3) is 3.10. The summed E-state index contributed by atoms with van der Waals surface area (Å²) >= 11 is 0. The Morgan fingerprint density at radius 1 is 1.54 bits per heavy atom. The highest BCUT2D eigenvalue weighted by atomic mass is 16.5. The van der Waals surface area contributed by atoms with Gasteiger partial charge < -0.3 is 19.9 Å². The van der Waals surface area contributed by atoms with E-state index in [1.165, 1.54) is 0 Å². The molecule has 1 aromatic heterocycles. The van der Waals surface area contributed by atoms with Crippen LogP contribution < -0.4 is 5.32 Å². The van der Waals surface area contributed by atoms with E-state index in [0.717, 1.165) is 12.0 Å². The van der Waals surface area contributed by atoms with Crippen molar-refractivity contribution in [2.45, 2.75) is 31.3 Å². The van der Waals surface area contributed by atoms with Crippen LogP contribution in [0.3, 0.4) is 0 Å². The quantitative estimate of drug-likeness (QED) is 0.832. The molecule has 1 N–H and O–H groups in total. The second-order valence-electron chi connectivity index (χ2n) is 6.55. The molecule has 2 fully saturated rings. The summed E-state index contributed by atoms with van der Waals surface area (Å²) in [5.41, 5.74) is 0.918. The van der Waals surface area contributed by atoms with E-state index in [1.54, 1.807) is 18.0 Å². The summed E-state index contributed by atoms with van der Waals surface area (Å²) in [4.78, 5) is 28.6. The first-order chi connectivity index (χ1) is 11.5. The van der Waals surface area contributed by atoms with Crippen LogP contribution in [0.25, 0.3) is 0 Å². The van der Waals surface area contributed by atoms with E-state index < -0.39 is 0 Å². The van der Waals surface area contributed by atoms with Gasteiger partial charge in [0.1, 0.15) is 0 Å². The summed E-state index contributed by atoms with van der Waals surface area (Å²) in [5, 5.41) is 7.14. The maximum absolute atomic E-state index is 12.8. The first kappa shape index (κ1) is 16.8. The van der Waals surface area contributed by atoms with Gasteiger partial charge in [-0.2, -0.15) is 5.10 Å². The Morgan fingerprint density at radius 3 is 3.00 bits per heavy atom. The number of aromatic nitrogens is 2. The Morgan fingerprint density at radius 2 is 2.33 bits per heavy atom. The fraction of sp³-hybridized carbons (Fsp3) is 0.688. The number of carbonyl (C=O) groups excluding carboxylic acids is 2. The van der Waals surface area contributed by atoms with E-state index in [9.17, 15) is 9.59 Å². The van der Waals surface area contributed by atoms with Gasteiger partial charge in [-0.1, -0.05) is 0 Å². The first-order valence-corrected chi connectivity index (χ1v) is 8.34.